The Balaban J connectivity index is 1.47. The molecule has 4 aromatic rings. The van der Waals surface area contributed by atoms with Gasteiger partial charge in [0.25, 0.3) is 0 Å². The lowest BCUT2D eigenvalue weighted by molar-refractivity contribution is -0.120. The zero-order chi connectivity index (χ0) is 24.8. The molecule has 0 unspecified atom stereocenters. The van der Waals surface area contributed by atoms with Crippen molar-refractivity contribution >= 4 is 62.4 Å². The zero-order valence-electron chi connectivity index (χ0n) is 18.3. The van der Waals surface area contributed by atoms with Gasteiger partial charge < -0.3 is 19.9 Å². The smallest absolute Gasteiger partial charge is 0.221 e. The fraction of sp³-hybridized carbons (Fsp3) is 0.174. The number of fused-ring (bicyclic) bond motifs is 1. The van der Waals surface area contributed by atoms with Crippen LogP contribution in [0.25, 0.3) is 11.0 Å². The van der Waals surface area contributed by atoms with Gasteiger partial charge in [-0.25, -0.2) is 18.4 Å². The van der Waals surface area contributed by atoms with Crippen LogP contribution in [-0.2, 0) is 22.0 Å². The number of halogens is 2. The van der Waals surface area contributed by atoms with E-state index in [1.54, 1.807) is 36.4 Å². The molecule has 0 aliphatic carbocycles. The summed E-state index contributed by atoms with van der Waals surface area (Å²) in [5, 5.41) is 6.94. The van der Waals surface area contributed by atoms with E-state index in [0.717, 1.165) is 11.0 Å². The minimum Gasteiger partial charge on any atom is -0.456 e. The fourth-order valence-electron chi connectivity index (χ4n) is 3.36. The van der Waals surface area contributed by atoms with Crippen LogP contribution in [-0.4, -0.2) is 41.2 Å². The second-order valence-corrected chi connectivity index (χ2v) is 9.41. The maximum Gasteiger partial charge on any atom is 0.221 e. The quantitative estimate of drug-likeness (QED) is 0.259. The first-order valence-electron chi connectivity index (χ1n) is 10.6. The molecule has 0 bridgehead atoms. The molecule has 9 nitrogen and oxygen atoms in total. The lowest BCUT2D eigenvalue weighted by Gasteiger charge is -2.13. The van der Waals surface area contributed by atoms with Gasteiger partial charge in [0.15, 0.2) is 5.82 Å². The van der Waals surface area contributed by atoms with E-state index < -0.39 is 10.7 Å². The van der Waals surface area contributed by atoms with Gasteiger partial charge in [0.2, 0.25) is 5.91 Å². The van der Waals surface area contributed by atoms with Crippen molar-refractivity contribution in [2.75, 3.05) is 17.6 Å². The predicted molar refractivity (Wildman–Crippen MR) is 137 cm³/mol. The summed E-state index contributed by atoms with van der Waals surface area (Å²) in [6.45, 7) is 0.780. The molecule has 0 saturated heterocycles. The monoisotopic (exact) mass is 533 g/mol. The summed E-state index contributed by atoms with van der Waals surface area (Å²) in [6, 6.07) is 14.2. The van der Waals surface area contributed by atoms with Crippen molar-refractivity contribution in [2.24, 2.45) is 0 Å². The van der Waals surface area contributed by atoms with Crippen molar-refractivity contribution in [3.63, 3.8) is 0 Å². The molecule has 0 aliphatic heterocycles. The Hall–Kier alpha value is -3.34. The number of anilines is 2. The second kappa shape index (κ2) is 11.4. The highest BCUT2D eigenvalue weighted by Gasteiger charge is 2.12. The summed E-state index contributed by atoms with van der Waals surface area (Å²) in [7, 11) is -2.57. The lowest BCUT2D eigenvalue weighted by Crippen LogP contribution is -2.27. The Kier molecular flexibility index (Phi) is 8.06. The normalized spacial score (nSPS) is 11.1. The molecular formula is C23H21Cl2N5O4S. The molecule has 2 N–H and O–H groups in total. The third kappa shape index (κ3) is 6.62. The Labute approximate surface area is 213 Å². The highest BCUT2D eigenvalue weighted by Crippen LogP contribution is 2.34. The van der Waals surface area contributed by atoms with Gasteiger partial charge in [0, 0.05) is 36.4 Å². The molecule has 35 heavy (non-hydrogen) atoms. The van der Waals surface area contributed by atoms with E-state index in [9.17, 15) is 13.2 Å². The largest absolute Gasteiger partial charge is 0.456 e. The van der Waals surface area contributed by atoms with E-state index in [1.165, 1.54) is 6.33 Å². The molecule has 0 spiro atoms. The summed E-state index contributed by atoms with van der Waals surface area (Å²) in [5.41, 5.74) is 2.17. The first-order valence-corrected chi connectivity index (χ1v) is 12.7. The SMILES string of the molecule is O=C(CC[SH](=O)=O)NCCn1ccc2ncnc(Nc3ccc(Oc4cccc(Cl)c4)c(Cl)c3)c21. The van der Waals surface area contributed by atoms with Crippen molar-refractivity contribution in [3.8, 4) is 11.5 Å². The van der Waals surface area contributed by atoms with Crippen LogP contribution >= 0.6 is 23.2 Å². The van der Waals surface area contributed by atoms with Gasteiger partial charge in [-0.05, 0) is 42.5 Å². The molecule has 4 rings (SSSR count). The summed E-state index contributed by atoms with van der Waals surface area (Å²) < 4.78 is 29.0. The highest BCUT2D eigenvalue weighted by molar-refractivity contribution is 7.72. The summed E-state index contributed by atoms with van der Waals surface area (Å²) in [6.07, 6.45) is 3.25. The van der Waals surface area contributed by atoms with E-state index in [2.05, 4.69) is 20.6 Å². The van der Waals surface area contributed by atoms with Crippen LogP contribution in [0.3, 0.4) is 0 Å². The number of ether oxygens (including phenoxy) is 1. The summed E-state index contributed by atoms with van der Waals surface area (Å²) >= 11 is 12.5. The van der Waals surface area contributed by atoms with Crippen molar-refractivity contribution in [1.82, 2.24) is 19.9 Å². The number of hydrogen-bond acceptors (Lipinski definition) is 7. The van der Waals surface area contributed by atoms with Crippen molar-refractivity contribution in [3.05, 3.63) is 71.1 Å². The van der Waals surface area contributed by atoms with Crippen LogP contribution in [0.5, 0.6) is 11.5 Å². The van der Waals surface area contributed by atoms with Crippen LogP contribution in [0, 0.1) is 0 Å². The van der Waals surface area contributed by atoms with E-state index in [1.807, 2.05) is 22.9 Å². The number of rotatable bonds is 10. The minimum absolute atomic E-state index is 0.0567. The maximum atomic E-state index is 11.8. The van der Waals surface area contributed by atoms with Gasteiger partial charge in [0.1, 0.15) is 34.0 Å². The molecule has 0 atom stereocenters. The highest BCUT2D eigenvalue weighted by atomic mass is 35.5. The Morgan fingerprint density at radius 2 is 1.94 bits per heavy atom. The molecule has 12 heteroatoms. The number of amides is 1. The number of thiol groups is 1. The van der Waals surface area contributed by atoms with E-state index >= 15 is 0 Å². The first-order chi connectivity index (χ1) is 16.9. The van der Waals surface area contributed by atoms with E-state index in [0.29, 0.717) is 46.1 Å². The fourth-order valence-corrected chi connectivity index (χ4v) is 4.15. The molecule has 0 saturated carbocycles. The van der Waals surface area contributed by atoms with Gasteiger partial charge in [-0.15, -0.1) is 0 Å². The van der Waals surface area contributed by atoms with Gasteiger partial charge >= 0.3 is 0 Å². The molecule has 2 aromatic carbocycles. The van der Waals surface area contributed by atoms with Gasteiger partial charge in [-0.2, -0.15) is 0 Å². The van der Waals surface area contributed by atoms with Crippen LogP contribution in [0.2, 0.25) is 10.0 Å². The molecule has 0 aliphatic rings. The predicted octanol–water partition coefficient (Wildman–Crippen LogP) is 4.39. The van der Waals surface area contributed by atoms with Gasteiger partial charge in [-0.1, -0.05) is 29.3 Å². The topological polar surface area (TPSA) is 115 Å². The van der Waals surface area contributed by atoms with Gasteiger partial charge in [-0.3, -0.25) is 4.79 Å². The van der Waals surface area contributed by atoms with Gasteiger partial charge in [0.05, 0.1) is 16.3 Å². The summed E-state index contributed by atoms with van der Waals surface area (Å²) in [5.74, 6) is 1.14. The van der Waals surface area contributed by atoms with Crippen LogP contribution in [0.4, 0.5) is 11.5 Å². The third-order valence-corrected chi connectivity index (χ3v) is 6.08. The number of carbonyl (C=O) groups is 1. The molecule has 0 radical (unpaired) electrons. The Morgan fingerprint density at radius 1 is 1.09 bits per heavy atom. The number of nitrogens with one attached hydrogen (secondary N) is 2. The van der Waals surface area contributed by atoms with Crippen molar-refractivity contribution in [2.45, 2.75) is 13.0 Å². The number of nitrogens with zero attached hydrogens (tertiary/aromatic N) is 3. The van der Waals surface area contributed by atoms with Crippen molar-refractivity contribution in [1.29, 1.82) is 0 Å². The Morgan fingerprint density at radius 3 is 2.71 bits per heavy atom. The average molecular weight is 534 g/mol. The number of benzene rings is 2. The van der Waals surface area contributed by atoms with Crippen molar-refractivity contribution < 1.29 is 17.9 Å². The number of hydrogen-bond donors (Lipinski definition) is 3. The van der Waals surface area contributed by atoms with Crippen LogP contribution in [0.15, 0.2) is 61.1 Å². The summed E-state index contributed by atoms with van der Waals surface area (Å²) in [4.78, 5) is 20.5. The Bertz CT molecular complexity index is 1430. The van der Waals surface area contributed by atoms with Crippen LogP contribution < -0.4 is 15.4 Å². The van der Waals surface area contributed by atoms with E-state index in [-0.39, 0.29) is 18.1 Å². The molecule has 0 fully saturated rings. The lowest BCUT2D eigenvalue weighted by atomic mass is 10.3. The average Bonchev–Trinajstić information content (AvgIpc) is 3.24. The second-order valence-electron chi connectivity index (χ2n) is 7.45. The molecule has 182 valence electrons. The molecular weight excluding hydrogens is 513 g/mol. The molecule has 2 aromatic heterocycles. The number of aromatic nitrogens is 3. The van der Waals surface area contributed by atoms with Crippen LogP contribution in [0.1, 0.15) is 6.42 Å². The number of carbonyl (C=O) groups excluding carboxylic acids is 1. The minimum atomic E-state index is -2.57. The standard InChI is InChI=1S/C23H21Cl2N5O4S/c24-15-2-1-3-17(12-15)34-20-5-4-16(13-18(20)25)29-23-22-19(27-14-28-23)6-9-30(22)10-8-26-21(31)7-11-35(32)33/h1-6,9,12-14,35H,7-8,10-11H2,(H,26,31)(H,27,28,29). The molecule has 1 amide bonds. The zero-order valence-corrected chi connectivity index (χ0v) is 20.7. The third-order valence-electron chi connectivity index (χ3n) is 4.96. The first kappa shape index (κ1) is 24.8. The molecule has 2 heterocycles. The maximum absolute atomic E-state index is 11.8. The van der Waals surface area contributed by atoms with E-state index in [4.69, 9.17) is 27.9 Å².